The van der Waals surface area contributed by atoms with Crippen LogP contribution in [0, 0.1) is 0 Å². The maximum atomic E-state index is 10.9. The number of carbonyl (C=O) groups excluding carboxylic acids is 1. The molecule has 1 atom stereocenters. The van der Waals surface area contributed by atoms with Crippen molar-refractivity contribution in [1.82, 2.24) is 4.98 Å². The number of carbonyl (C=O) groups is 1. The highest BCUT2D eigenvalue weighted by Gasteiger charge is 2.06. The first-order valence-corrected chi connectivity index (χ1v) is 5.62. The zero-order valence-electron chi connectivity index (χ0n) is 9.86. The predicted molar refractivity (Wildman–Crippen MR) is 65.0 cm³/mol. The van der Waals surface area contributed by atoms with Crippen molar-refractivity contribution in [3.63, 3.8) is 0 Å². The molecule has 0 aromatic carbocycles. The SMILES string of the molecule is CCCCC(N)c1ccnc(NC(C)=O)c1. The van der Waals surface area contributed by atoms with Crippen LogP contribution < -0.4 is 11.1 Å². The molecule has 0 saturated carbocycles. The van der Waals surface area contributed by atoms with Crippen molar-refractivity contribution in [3.8, 4) is 0 Å². The van der Waals surface area contributed by atoms with Crippen LogP contribution in [-0.2, 0) is 4.79 Å². The second kappa shape index (κ2) is 6.23. The normalized spacial score (nSPS) is 12.2. The molecule has 0 fully saturated rings. The van der Waals surface area contributed by atoms with Gasteiger partial charge in [0.2, 0.25) is 5.91 Å². The van der Waals surface area contributed by atoms with Crippen LogP contribution in [0.25, 0.3) is 0 Å². The Morgan fingerprint density at radius 1 is 1.62 bits per heavy atom. The third-order valence-corrected chi connectivity index (χ3v) is 2.38. The Labute approximate surface area is 96.3 Å². The highest BCUT2D eigenvalue weighted by atomic mass is 16.1. The van der Waals surface area contributed by atoms with Crippen molar-refractivity contribution in [1.29, 1.82) is 0 Å². The molecule has 4 heteroatoms. The zero-order valence-corrected chi connectivity index (χ0v) is 9.86. The number of hydrogen-bond donors (Lipinski definition) is 2. The third-order valence-electron chi connectivity index (χ3n) is 2.38. The summed E-state index contributed by atoms with van der Waals surface area (Å²) >= 11 is 0. The van der Waals surface area contributed by atoms with E-state index in [1.165, 1.54) is 6.92 Å². The van der Waals surface area contributed by atoms with Gasteiger partial charge in [-0.15, -0.1) is 0 Å². The van der Waals surface area contributed by atoms with E-state index in [0.717, 1.165) is 24.8 Å². The molecule has 0 aliphatic rings. The lowest BCUT2D eigenvalue weighted by atomic mass is 10.0. The fraction of sp³-hybridized carbons (Fsp3) is 0.500. The summed E-state index contributed by atoms with van der Waals surface area (Å²) in [5.41, 5.74) is 7.06. The molecular formula is C12H19N3O. The van der Waals surface area contributed by atoms with Gasteiger partial charge >= 0.3 is 0 Å². The number of amides is 1. The Hall–Kier alpha value is -1.42. The van der Waals surface area contributed by atoms with Crippen LogP contribution in [0.1, 0.15) is 44.7 Å². The van der Waals surface area contributed by atoms with Gasteiger partial charge in [0.1, 0.15) is 5.82 Å². The summed E-state index contributed by atoms with van der Waals surface area (Å²) in [5, 5.41) is 2.65. The van der Waals surface area contributed by atoms with Gasteiger partial charge in [-0.25, -0.2) is 4.98 Å². The minimum Gasteiger partial charge on any atom is -0.324 e. The lowest BCUT2D eigenvalue weighted by Crippen LogP contribution is -2.12. The average molecular weight is 221 g/mol. The van der Waals surface area contributed by atoms with Gasteiger partial charge in [0.15, 0.2) is 0 Å². The van der Waals surface area contributed by atoms with E-state index in [-0.39, 0.29) is 11.9 Å². The van der Waals surface area contributed by atoms with Gasteiger partial charge in [-0.3, -0.25) is 4.79 Å². The van der Waals surface area contributed by atoms with E-state index in [4.69, 9.17) is 5.73 Å². The maximum absolute atomic E-state index is 10.9. The molecule has 0 aliphatic heterocycles. The topological polar surface area (TPSA) is 68.0 Å². The van der Waals surface area contributed by atoms with Gasteiger partial charge in [-0.1, -0.05) is 19.8 Å². The second-order valence-electron chi connectivity index (χ2n) is 3.90. The first-order valence-electron chi connectivity index (χ1n) is 5.62. The fourth-order valence-electron chi connectivity index (χ4n) is 1.52. The van der Waals surface area contributed by atoms with Crippen molar-refractivity contribution >= 4 is 11.7 Å². The van der Waals surface area contributed by atoms with E-state index >= 15 is 0 Å². The van der Waals surface area contributed by atoms with E-state index in [1.807, 2.05) is 12.1 Å². The van der Waals surface area contributed by atoms with Crippen LogP contribution in [0.15, 0.2) is 18.3 Å². The van der Waals surface area contributed by atoms with Gasteiger partial charge < -0.3 is 11.1 Å². The Bertz CT molecular complexity index is 352. The summed E-state index contributed by atoms with van der Waals surface area (Å²) < 4.78 is 0. The zero-order chi connectivity index (χ0) is 12.0. The highest BCUT2D eigenvalue weighted by molar-refractivity contribution is 5.87. The lowest BCUT2D eigenvalue weighted by molar-refractivity contribution is -0.114. The van der Waals surface area contributed by atoms with Gasteiger partial charge in [-0.2, -0.15) is 0 Å². The Kier molecular flexibility index (Phi) is 4.92. The molecule has 0 spiro atoms. The minimum atomic E-state index is -0.119. The van der Waals surface area contributed by atoms with Crippen LogP contribution >= 0.6 is 0 Å². The number of hydrogen-bond acceptors (Lipinski definition) is 3. The van der Waals surface area contributed by atoms with Crippen molar-refractivity contribution < 1.29 is 4.79 Å². The van der Waals surface area contributed by atoms with Gasteiger partial charge in [0.05, 0.1) is 0 Å². The molecule has 0 saturated heterocycles. The minimum absolute atomic E-state index is 0.0236. The Morgan fingerprint density at radius 3 is 3.00 bits per heavy atom. The van der Waals surface area contributed by atoms with E-state index in [0.29, 0.717) is 5.82 Å². The Balaban J connectivity index is 2.69. The standard InChI is InChI=1S/C12H19N3O/c1-3-4-5-11(13)10-6-7-14-12(8-10)15-9(2)16/h6-8,11H,3-5,13H2,1-2H3,(H,14,15,16). The number of pyridine rings is 1. The van der Waals surface area contributed by atoms with Crippen LogP contribution in [0.5, 0.6) is 0 Å². The molecule has 16 heavy (non-hydrogen) atoms. The number of nitrogens with two attached hydrogens (primary N) is 1. The third kappa shape index (κ3) is 3.98. The predicted octanol–water partition coefficient (Wildman–Crippen LogP) is 2.23. The quantitative estimate of drug-likeness (QED) is 0.801. The first kappa shape index (κ1) is 12.6. The number of anilines is 1. The molecule has 1 unspecified atom stereocenters. The molecule has 3 N–H and O–H groups in total. The molecule has 1 aromatic rings. The monoisotopic (exact) mass is 221 g/mol. The lowest BCUT2D eigenvalue weighted by Gasteiger charge is -2.12. The van der Waals surface area contributed by atoms with Gasteiger partial charge in [-0.05, 0) is 24.1 Å². The van der Waals surface area contributed by atoms with Crippen LogP contribution in [0.3, 0.4) is 0 Å². The highest BCUT2D eigenvalue weighted by Crippen LogP contribution is 2.18. The van der Waals surface area contributed by atoms with Crippen molar-refractivity contribution in [2.24, 2.45) is 5.73 Å². The smallest absolute Gasteiger partial charge is 0.222 e. The summed E-state index contributed by atoms with van der Waals surface area (Å²) in [7, 11) is 0. The molecule has 1 aromatic heterocycles. The molecule has 4 nitrogen and oxygen atoms in total. The Morgan fingerprint density at radius 2 is 2.38 bits per heavy atom. The van der Waals surface area contributed by atoms with E-state index in [1.54, 1.807) is 6.20 Å². The number of nitrogens with one attached hydrogen (secondary N) is 1. The summed E-state index contributed by atoms with van der Waals surface area (Å²) in [6, 6.07) is 3.75. The maximum Gasteiger partial charge on any atom is 0.222 e. The van der Waals surface area contributed by atoms with E-state index < -0.39 is 0 Å². The van der Waals surface area contributed by atoms with Crippen LogP contribution in [-0.4, -0.2) is 10.9 Å². The second-order valence-corrected chi connectivity index (χ2v) is 3.90. The molecule has 0 aliphatic carbocycles. The van der Waals surface area contributed by atoms with E-state index in [2.05, 4.69) is 17.2 Å². The van der Waals surface area contributed by atoms with Crippen LogP contribution in [0.2, 0.25) is 0 Å². The van der Waals surface area contributed by atoms with Crippen molar-refractivity contribution in [2.75, 3.05) is 5.32 Å². The molecule has 1 rings (SSSR count). The molecule has 88 valence electrons. The molecular weight excluding hydrogens is 202 g/mol. The molecule has 0 bridgehead atoms. The summed E-state index contributed by atoms with van der Waals surface area (Å²) in [6.07, 6.45) is 4.88. The summed E-state index contributed by atoms with van der Waals surface area (Å²) in [6.45, 7) is 3.60. The largest absolute Gasteiger partial charge is 0.324 e. The fourth-order valence-corrected chi connectivity index (χ4v) is 1.52. The molecule has 1 heterocycles. The van der Waals surface area contributed by atoms with Gasteiger partial charge in [0, 0.05) is 19.2 Å². The molecule has 1 amide bonds. The summed E-state index contributed by atoms with van der Waals surface area (Å²) in [5.74, 6) is 0.448. The van der Waals surface area contributed by atoms with Crippen molar-refractivity contribution in [3.05, 3.63) is 23.9 Å². The number of nitrogens with zero attached hydrogens (tertiary/aromatic N) is 1. The van der Waals surface area contributed by atoms with Crippen molar-refractivity contribution in [2.45, 2.75) is 39.2 Å². The van der Waals surface area contributed by atoms with Gasteiger partial charge in [0.25, 0.3) is 0 Å². The molecule has 0 radical (unpaired) electrons. The van der Waals surface area contributed by atoms with E-state index in [9.17, 15) is 4.79 Å². The van der Waals surface area contributed by atoms with Crippen LogP contribution in [0.4, 0.5) is 5.82 Å². The number of aromatic nitrogens is 1. The number of unbranched alkanes of at least 4 members (excludes halogenated alkanes) is 1. The number of rotatable bonds is 5. The summed E-state index contributed by atoms with van der Waals surface area (Å²) in [4.78, 5) is 14.9. The first-order chi connectivity index (χ1) is 7.63. The average Bonchev–Trinajstić information content (AvgIpc) is 2.25.